The van der Waals surface area contributed by atoms with Crippen LogP contribution in [0.1, 0.15) is 16.3 Å². The van der Waals surface area contributed by atoms with Crippen LogP contribution in [-0.2, 0) is 17.6 Å². The van der Waals surface area contributed by atoms with Gasteiger partial charge in [0, 0.05) is 22.7 Å². The van der Waals surface area contributed by atoms with Crippen molar-refractivity contribution < 1.29 is 9.18 Å². The molecule has 0 aliphatic heterocycles. The first kappa shape index (κ1) is 13.4. The van der Waals surface area contributed by atoms with Gasteiger partial charge in [-0.2, -0.15) is 0 Å². The molecular formula is C13H11BrFNOS. The van der Waals surface area contributed by atoms with Crippen molar-refractivity contribution in [3.05, 3.63) is 50.1 Å². The van der Waals surface area contributed by atoms with Crippen LogP contribution in [0.2, 0.25) is 0 Å². The fraction of sp³-hybridized carbons (Fsp3) is 0.231. The summed E-state index contributed by atoms with van der Waals surface area (Å²) in [5.74, 6) is -0.377. The predicted molar refractivity (Wildman–Crippen MR) is 73.4 cm³/mol. The van der Waals surface area contributed by atoms with Gasteiger partial charge in [0.15, 0.2) is 0 Å². The highest BCUT2D eigenvalue weighted by Crippen LogP contribution is 2.17. The molecular weight excluding hydrogens is 317 g/mol. The molecule has 1 aromatic carbocycles. The summed E-state index contributed by atoms with van der Waals surface area (Å²) in [6.07, 6.45) is 0.359. The lowest BCUT2D eigenvalue weighted by Crippen LogP contribution is -2.08. The lowest BCUT2D eigenvalue weighted by Gasteiger charge is -2.02. The van der Waals surface area contributed by atoms with Crippen molar-refractivity contribution >= 4 is 33.0 Å². The number of carbonyl (C=O) groups excluding carboxylic acids is 1. The highest BCUT2D eigenvalue weighted by Gasteiger charge is 2.11. The molecule has 2 aromatic rings. The molecule has 0 radical (unpaired) electrons. The fourth-order valence-corrected chi connectivity index (χ4v) is 2.67. The van der Waals surface area contributed by atoms with Crippen molar-refractivity contribution in [3.8, 4) is 0 Å². The number of aromatic nitrogens is 1. The van der Waals surface area contributed by atoms with E-state index in [1.54, 1.807) is 12.1 Å². The number of Topliss-reactive ketones (excluding diaryl/α,β-unsaturated/α-hetero) is 1. The Morgan fingerprint density at radius 3 is 2.89 bits per heavy atom. The zero-order valence-corrected chi connectivity index (χ0v) is 12.1. The molecule has 2 nitrogen and oxygen atoms in total. The predicted octanol–water partition coefficient (Wildman–Crippen LogP) is 3.71. The van der Waals surface area contributed by atoms with E-state index in [2.05, 4.69) is 20.9 Å². The highest BCUT2D eigenvalue weighted by atomic mass is 79.9. The highest BCUT2D eigenvalue weighted by molar-refractivity contribution is 9.10. The van der Waals surface area contributed by atoms with Crippen LogP contribution in [0.3, 0.4) is 0 Å². The first-order valence-corrected chi connectivity index (χ1v) is 7.08. The summed E-state index contributed by atoms with van der Waals surface area (Å²) in [5.41, 5.74) is 1.18. The Kier molecular flexibility index (Phi) is 4.24. The van der Waals surface area contributed by atoms with Crippen molar-refractivity contribution in [1.82, 2.24) is 4.98 Å². The van der Waals surface area contributed by atoms with Gasteiger partial charge in [-0.05, 0) is 30.7 Å². The molecule has 0 aliphatic carbocycles. The molecule has 0 unspecified atom stereocenters. The molecule has 0 spiro atoms. The number of halogens is 2. The van der Waals surface area contributed by atoms with Crippen LogP contribution in [0, 0.1) is 12.7 Å². The van der Waals surface area contributed by atoms with E-state index >= 15 is 0 Å². The summed E-state index contributed by atoms with van der Waals surface area (Å²) < 4.78 is 14.3. The van der Waals surface area contributed by atoms with E-state index in [0.717, 1.165) is 15.2 Å². The largest absolute Gasteiger partial charge is 0.299 e. The number of hydrogen-bond donors (Lipinski definition) is 0. The van der Waals surface area contributed by atoms with Crippen molar-refractivity contribution in [2.45, 2.75) is 19.8 Å². The molecule has 0 saturated carbocycles. The third-order valence-corrected chi connectivity index (χ3v) is 3.76. The maximum Gasteiger partial charge on any atom is 0.143 e. The van der Waals surface area contributed by atoms with E-state index in [0.29, 0.717) is 5.56 Å². The number of rotatable bonds is 4. The van der Waals surface area contributed by atoms with Crippen LogP contribution >= 0.6 is 27.3 Å². The van der Waals surface area contributed by atoms with E-state index < -0.39 is 0 Å². The SMILES string of the molecule is Cc1nc(CC(=O)Cc2cc(Br)ccc2F)cs1. The normalized spacial score (nSPS) is 10.6. The number of carbonyl (C=O) groups is 1. The molecule has 5 heteroatoms. The second-order valence-corrected chi connectivity index (χ2v) is 5.96. The Labute approximate surface area is 117 Å². The Hall–Kier alpha value is -1.07. The Bertz CT molecular complexity index is 582. The standard InChI is InChI=1S/C13H11BrFNOS/c1-8-16-11(7-18-8)6-12(17)5-9-4-10(14)2-3-13(9)15/h2-4,7H,5-6H2,1H3. The van der Waals surface area contributed by atoms with Crippen LogP contribution in [0.5, 0.6) is 0 Å². The summed E-state index contributed by atoms with van der Waals surface area (Å²) in [5, 5.41) is 2.80. The van der Waals surface area contributed by atoms with Crippen molar-refractivity contribution in [2.75, 3.05) is 0 Å². The van der Waals surface area contributed by atoms with Gasteiger partial charge in [0.25, 0.3) is 0 Å². The number of ketones is 1. The summed E-state index contributed by atoms with van der Waals surface area (Å²) in [6.45, 7) is 1.90. The first-order chi connectivity index (χ1) is 8.54. The molecule has 18 heavy (non-hydrogen) atoms. The molecule has 0 N–H and O–H groups in total. The third-order valence-electron chi connectivity index (χ3n) is 2.44. The molecule has 0 aliphatic rings. The molecule has 0 fully saturated rings. The average Bonchev–Trinajstić information content (AvgIpc) is 2.69. The number of benzene rings is 1. The lowest BCUT2D eigenvalue weighted by molar-refractivity contribution is -0.117. The lowest BCUT2D eigenvalue weighted by atomic mass is 10.1. The number of thiazole rings is 1. The maximum atomic E-state index is 13.5. The minimum Gasteiger partial charge on any atom is -0.299 e. The van der Waals surface area contributed by atoms with Gasteiger partial charge in [0.05, 0.1) is 10.7 Å². The number of nitrogens with zero attached hydrogens (tertiary/aromatic N) is 1. The summed E-state index contributed by atoms with van der Waals surface area (Å²) >= 11 is 4.78. The molecule has 1 heterocycles. The van der Waals surface area contributed by atoms with Crippen LogP contribution in [-0.4, -0.2) is 10.8 Å². The Balaban J connectivity index is 2.05. The molecule has 0 saturated heterocycles. The van der Waals surface area contributed by atoms with E-state index in [-0.39, 0.29) is 24.4 Å². The van der Waals surface area contributed by atoms with E-state index in [1.807, 2.05) is 12.3 Å². The van der Waals surface area contributed by atoms with Gasteiger partial charge in [-0.15, -0.1) is 11.3 Å². The molecule has 94 valence electrons. The number of hydrogen-bond acceptors (Lipinski definition) is 3. The van der Waals surface area contributed by atoms with Crippen molar-refractivity contribution in [3.63, 3.8) is 0 Å². The van der Waals surface area contributed by atoms with Gasteiger partial charge in [-0.1, -0.05) is 15.9 Å². The van der Waals surface area contributed by atoms with Crippen LogP contribution in [0.4, 0.5) is 4.39 Å². The fourth-order valence-electron chi connectivity index (χ4n) is 1.65. The minimum absolute atomic E-state index is 0.0303. The molecule has 0 atom stereocenters. The Morgan fingerprint density at radius 1 is 1.44 bits per heavy atom. The molecule has 1 aromatic heterocycles. The first-order valence-electron chi connectivity index (χ1n) is 5.41. The van der Waals surface area contributed by atoms with E-state index in [9.17, 15) is 9.18 Å². The van der Waals surface area contributed by atoms with Crippen molar-refractivity contribution in [2.24, 2.45) is 0 Å². The molecule has 0 bridgehead atoms. The quantitative estimate of drug-likeness (QED) is 0.856. The summed E-state index contributed by atoms with van der Waals surface area (Å²) in [4.78, 5) is 16.1. The van der Waals surface area contributed by atoms with Gasteiger partial charge >= 0.3 is 0 Å². The van der Waals surface area contributed by atoms with Gasteiger partial charge in [-0.3, -0.25) is 4.79 Å². The minimum atomic E-state index is -0.346. The second kappa shape index (κ2) is 5.71. The van der Waals surface area contributed by atoms with Crippen LogP contribution < -0.4 is 0 Å². The molecule has 2 rings (SSSR count). The second-order valence-electron chi connectivity index (χ2n) is 3.99. The zero-order valence-electron chi connectivity index (χ0n) is 9.74. The van der Waals surface area contributed by atoms with Gasteiger partial charge in [0.2, 0.25) is 0 Å². The molecule has 0 amide bonds. The van der Waals surface area contributed by atoms with Crippen molar-refractivity contribution in [1.29, 1.82) is 0 Å². The third kappa shape index (κ3) is 3.46. The Morgan fingerprint density at radius 2 is 2.22 bits per heavy atom. The van der Waals surface area contributed by atoms with Gasteiger partial charge in [0.1, 0.15) is 11.6 Å². The summed E-state index contributed by atoms with van der Waals surface area (Å²) in [7, 11) is 0. The number of aryl methyl sites for hydroxylation is 1. The monoisotopic (exact) mass is 327 g/mol. The van der Waals surface area contributed by atoms with Gasteiger partial charge in [-0.25, -0.2) is 9.37 Å². The topological polar surface area (TPSA) is 30.0 Å². The van der Waals surface area contributed by atoms with Crippen LogP contribution in [0.15, 0.2) is 28.1 Å². The smallest absolute Gasteiger partial charge is 0.143 e. The van der Waals surface area contributed by atoms with E-state index in [4.69, 9.17) is 0 Å². The summed E-state index contributed by atoms with van der Waals surface area (Å²) in [6, 6.07) is 4.62. The average molecular weight is 328 g/mol. The zero-order chi connectivity index (χ0) is 13.1. The van der Waals surface area contributed by atoms with Gasteiger partial charge < -0.3 is 0 Å². The van der Waals surface area contributed by atoms with Crippen LogP contribution in [0.25, 0.3) is 0 Å². The maximum absolute atomic E-state index is 13.5. The van der Waals surface area contributed by atoms with E-state index in [1.165, 1.54) is 17.4 Å².